The van der Waals surface area contributed by atoms with Crippen molar-refractivity contribution in [3.8, 4) is 0 Å². The third-order valence-electron chi connectivity index (χ3n) is 3.22. The van der Waals surface area contributed by atoms with E-state index in [4.69, 9.17) is 11.6 Å². The quantitative estimate of drug-likeness (QED) is 0.819. The highest BCUT2D eigenvalue weighted by molar-refractivity contribution is 6.29. The van der Waals surface area contributed by atoms with Gasteiger partial charge in [0.2, 0.25) is 0 Å². The fraction of sp³-hybridized carbons (Fsp3) is 0.583. The normalized spacial score (nSPS) is 11.4. The minimum atomic E-state index is 0.0760. The summed E-state index contributed by atoms with van der Waals surface area (Å²) in [6.07, 6.45) is 3.41. The molecule has 0 aliphatic rings. The fourth-order valence-corrected chi connectivity index (χ4v) is 2.47. The molecule has 0 bridgehead atoms. The van der Waals surface area contributed by atoms with E-state index in [1.54, 1.807) is 10.6 Å². The lowest BCUT2D eigenvalue weighted by Crippen LogP contribution is -2.38. The van der Waals surface area contributed by atoms with Crippen LogP contribution in [-0.2, 0) is 0 Å². The second-order valence-corrected chi connectivity index (χ2v) is 4.68. The molecule has 19 heavy (non-hydrogen) atoms. The first-order valence-corrected chi connectivity index (χ1v) is 6.82. The van der Waals surface area contributed by atoms with Gasteiger partial charge in [0.1, 0.15) is 17.3 Å². The van der Waals surface area contributed by atoms with Crippen LogP contribution in [0.3, 0.4) is 0 Å². The van der Waals surface area contributed by atoms with Crippen LogP contribution in [0.1, 0.15) is 26.7 Å². The highest BCUT2D eigenvalue weighted by Crippen LogP contribution is 2.23. The lowest BCUT2D eigenvalue weighted by molar-refractivity contribution is 0.295. The van der Waals surface area contributed by atoms with Gasteiger partial charge in [-0.15, -0.1) is 0 Å². The second-order valence-electron chi connectivity index (χ2n) is 4.30. The minimum absolute atomic E-state index is 0.0760. The molecular weight excluding hydrogens is 266 g/mol. The van der Waals surface area contributed by atoms with E-state index in [-0.39, 0.29) is 6.61 Å². The smallest absolute Gasteiger partial charge is 0.255 e. The van der Waals surface area contributed by atoms with Gasteiger partial charge in [-0.1, -0.05) is 25.4 Å². The maximum Gasteiger partial charge on any atom is 0.255 e. The summed E-state index contributed by atoms with van der Waals surface area (Å²) in [4.78, 5) is 10.3. The lowest BCUT2D eigenvalue weighted by Gasteiger charge is -2.31. The molecule has 0 atom stereocenters. The molecule has 0 fully saturated rings. The number of aliphatic hydroxyl groups is 1. The zero-order valence-corrected chi connectivity index (χ0v) is 11.9. The van der Waals surface area contributed by atoms with Crippen LogP contribution in [0.2, 0.25) is 5.15 Å². The standard InChI is InChI=1S/C12H18ClN5O/c1-3-9(4-2)17(5-6-19)11-7-10(13)16-12-14-8-15-18(11)12/h7-9,19H,3-6H2,1-2H3. The van der Waals surface area contributed by atoms with Crippen molar-refractivity contribution in [3.05, 3.63) is 17.5 Å². The largest absolute Gasteiger partial charge is 0.395 e. The summed E-state index contributed by atoms with van der Waals surface area (Å²) in [6.45, 7) is 4.86. The Hall–Kier alpha value is -1.40. The zero-order valence-electron chi connectivity index (χ0n) is 11.1. The van der Waals surface area contributed by atoms with Gasteiger partial charge < -0.3 is 10.0 Å². The topological polar surface area (TPSA) is 66.5 Å². The highest BCUT2D eigenvalue weighted by atomic mass is 35.5. The second kappa shape index (κ2) is 6.16. The Morgan fingerprint density at radius 2 is 2.16 bits per heavy atom. The molecule has 0 aromatic carbocycles. The van der Waals surface area contributed by atoms with E-state index in [1.165, 1.54) is 6.33 Å². The number of hydrogen-bond acceptors (Lipinski definition) is 5. The van der Waals surface area contributed by atoms with E-state index in [1.807, 2.05) is 0 Å². The Kier molecular flexibility index (Phi) is 4.55. The van der Waals surface area contributed by atoms with Crippen LogP contribution in [0.25, 0.3) is 5.78 Å². The molecule has 2 heterocycles. The summed E-state index contributed by atoms with van der Waals surface area (Å²) in [5, 5.41) is 13.8. The van der Waals surface area contributed by atoms with E-state index in [0.29, 0.717) is 23.5 Å². The van der Waals surface area contributed by atoms with Crippen molar-refractivity contribution < 1.29 is 5.11 Å². The van der Waals surface area contributed by atoms with Crippen molar-refractivity contribution in [1.29, 1.82) is 0 Å². The van der Waals surface area contributed by atoms with Crippen LogP contribution in [0.5, 0.6) is 0 Å². The van der Waals surface area contributed by atoms with Crippen LogP contribution in [0.15, 0.2) is 12.4 Å². The lowest BCUT2D eigenvalue weighted by atomic mass is 10.1. The molecule has 7 heteroatoms. The molecule has 2 aromatic rings. The van der Waals surface area contributed by atoms with Crippen molar-refractivity contribution in [2.75, 3.05) is 18.1 Å². The van der Waals surface area contributed by atoms with Crippen molar-refractivity contribution in [3.63, 3.8) is 0 Å². The Morgan fingerprint density at radius 1 is 1.42 bits per heavy atom. The summed E-state index contributed by atoms with van der Waals surface area (Å²) in [7, 11) is 0. The predicted octanol–water partition coefficient (Wildman–Crippen LogP) is 1.76. The average Bonchev–Trinajstić information content (AvgIpc) is 2.86. The molecule has 0 saturated carbocycles. The fourth-order valence-electron chi connectivity index (χ4n) is 2.29. The van der Waals surface area contributed by atoms with E-state index >= 15 is 0 Å². The molecule has 6 nitrogen and oxygen atoms in total. The molecule has 1 N–H and O–H groups in total. The van der Waals surface area contributed by atoms with Gasteiger partial charge in [0.15, 0.2) is 0 Å². The first-order chi connectivity index (χ1) is 9.21. The van der Waals surface area contributed by atoms with Gasteiger partial charge in [-0.2, -0.15) is 19.6 Å². The Bertz CT molecular complexity index is 540. The summed E-state index contributed by atoms with van der Waals surface area (Å²) in [6, 6.07) is 2.08. The van der Waals surface area contributed by atoms with E-state index < -0.39 is 0 Å². The number of aliphatic hydroxyl groups excluding tert-OH is 1. The van der Waals surface area contributed by atoms with Crippen LogP contribution >= 0.6 is 11.6 Å². The molecule has 0 aliphatic heterocycles. The molecule has 0 unspecified atom stereocenters. The van der Waals surface area contributed by atoms with E-state index in [0.717, 1.165) is 18.7 Å². The minimum Gasteiger partial charge on any atom is -0.395 e. The van der Waals surface area contributed by atoms with Crippen molar-refractivity contribution >= 4 is 23.2 Å². The van der Waals surface area contributed by atoms with Crippen LogP contribution in [0.4, 0.5) is 5.82 Å². The van der Waals surface area contributed by atoms with Gasteiger partial charge in [0, 0.05) is 18.7 Å². The van der Waals surface area contributed by atoms with Crippen LogP contribution in [-0.4, -0.2) is 43.9 Å². The van der Waals surface area contributed by atoms with Gasteiger partial charge >= 0.3 is 0 Å². The van der Waals surface area contributed by atoms with Gasteiger partial charge in [-0.25, -0.2) is 0 Å². The first kappa shape index (κ1) is 14.0. The van der Waals surface area contributed by atoms with Crippen molar-refractivity contribution in [2.45, 2.75) is 32.7 Å². The molecule has 0 amide bonds. The maximum atomic E-state index is 9.29. The van der Waals surface area contributed by atoms with Gasteiger partial charge in [0.25, 0.3) is 5.78 Å². The average molecular weight is 284 g/mol. The number of rotatable bonds is 6. The Morgan fingerprint density at radius 3 is 2.79 bits per heavy atom. The molecule has 0 radical (unpaired) electrons. The van der Waals surface area contributed by atoms with E-state index in [2.05, 4.69) is 33.8 Å². The van der Waals surface area contributed by atoms with Crippen LogP contribution < -0.4 is 4.90 Å². The summed E-state index contributed by atoms with van der Waals surface area (Å²) in [5.41, 5.74) is 0. The zero-order chi connectivity index (χ0) is 13.8. The summed E-state index contributed by atoms with van der Waals surface area (Å²) < 4.78 is 1.65. The van der Waals surface area contributed by atoms with Crippen molar-refractivity contribution in [2.24, 2.45) is 0 Å². The molecule has 0 aliphatic carbocycles. The molecule has 0 spiro atoms. The summed E-state index contributed by atoms with van der Waals surface area (Å²) in [5.74, 6) is 1.28. The number of anilines is 1. The van der Waals surface area contributed by atoms with Gasteiger partial charge in [-0.3, -0.25) is 0 Å². The maximum absolute atomic E-state index is 9.29. The molecule has 104 valence electrons. The first-order valence-electron chi connectivity index (χ1n) is 6.45. The van der Waals surface area contributed by atoms with Crippen LogP contribution in [0, 0.1) is 0 Å². The highest BCUT2D eigenvalue weighted by Gasteiger charge is 2.19. The SMILES string of the molecule is CCC(CC)N(CCO)c1cc(Cl)nc2ncnn12. The third-order valence-corrected chi connectivity index (χ3v) is 3.41. The predicted molar refractivity (Wildman–Crippen MR) is 74.6 cm³/mol. The Labute approximate surface area is 117 Å². The monoisotopic (exact) mass is 283 g/mol. The number of fused-ring (bicyclic) bond motifs is 1. The number of halogens is 1. The molecule has 0 saturated heterocycles. The Balaban J connectivity index is 2.51. The molecule has 2 aromatic heterocycles. The van der Waals surface area contributed by atoms with E-state index in [9.17, 15) is 5.11 Å². The molecular formula is C12H18ClN5O. The number of hydrogen-bond donors (Lipinski definition) is 1. The number of nitrogens with zero attached hydrogens (tertiary/aromatic N) is 5. The van der Waals surface area contributed by atoms with Gasteiger partial charge in [0.05, 0.1) is 6.61 Å². The summed E-state index contributed by atoms with van der Waals surface area (Å²) >= 11 is 6.03. The number of aromatic nitrogens is 4. The third kappa shape index (κ3) is 2.79. The van der Waals surface area contributed by atoms with Gasteiger partial charge in [-0.05, 0) is 12.8 Å². The molecule has 2 rings (SSSR count). The van der Waals surface area contributed by atoms with Crippen molar-refractivity contribution in [1.82, 2.24) is 19.6 Å².